The normalized spacial score (nSPS) is 9.73. The molecule has 4 heteroatoms. The summed E-state index contributed by atoms with van der Waals surface area (Å²) in [6.45, 7) is 1.97. The third-order valence-corrected chi connectivity index (χ3v) is 2.23. The van der Waals surface area contributed by atoms with Crippen LogP contribution in [0, 0.1) is 6.92 Å². The molecular weight excluding hydrogens is 228 g/mol. The van der Waals surface area contributed by atoms with Crippen LogP contribution in [0.2, 0.25) is 0 Å². The van der Waals surface area contributed by atoms with Crippen LogP contribution in [0.1, 0.15) is 5.56 Å². The van der Waals surface area contributed by atoms with Gasteiger partial charge in [0.25, 0.3) is 0 Å². The molecule has 0 aliphatic carbocycles. The second kappa shape index (κ2) is 3.99. The third-order valence-electron chi connectivity index (χ3n) is 1.26. The lowest BCUT2D eigenvalue weighted by molar-refractivity contribution is -0.0742. The van der Waals surface area contributed by atoms with Crippen molar-refractivity contribution < 1.29 is 9.22 Å². The van der Waals surface area contributed by atoms with Gasteiger partial charge in [0, 0.05) is 17.4 Å². The van der Waals surface area contributed by atoms with Crippen LogP contribution in [0.3, 0.4) is 0 Å². The zero-order valence-electron chi connectivity index (χ0n) is 5.87. The van der Waals surface area contributed by atoms with Crippen LogP contribution in [-0.4, -0.2) is 0 Å². The van der Waals surface area contributed by atoms with Gasteiger partial charge < -0.3 is 4.89 Å². The summed E-state index contributed by atoms with van der Waals surface area (Å²) in [6.07, 6.45) is 0. The van der Waals surface area contributed by atoms with E-state index in [1.807, 2.05) is 19.1 Å². The number of rotatable bonds is 2. The molecule has 1 rings (SSSR count). The topological polar surface area (TPSA) is 18.5 Å². The molecular formula is C7H7BrO2S. The molecule has 0 fully saturated rings. The van der Waals surface area contributed by atoms with E-state index < -0.39 is 0 Å². The highest BCUT2D eigenvalue weighted by Crippen LogP contribution is 2.21. The lowest BCUT2D eigenvalue weighted by Crippen LogP contribution is -1.86. The quantitative estimate of drug-likeness (QED) is 0.367. The van der Waals surface area contributed by atoms with Crippen molar-refractivity contribution in [2.75, 3.05) is 0 Å². The average Bonchev–Trinajstić information content (AvgIpc) is 1.98. The van der Waals surface area contributed by atoms with E-state index in [0.717, 1.165) is 10.0 Å². The van der Waals surface area contributed by atoms with E-state index in [1.165, 1.54) is 0 Å². The molecule has 0 N–H and O–H groups in total. The second-order valence-electron chi connectivity index (χ2n) is 2.07. The van der Waals surface area contributed by atoms with Gasteiger partial charge in [0.2, 0.25) is 0 Å². The first kappa shape index (κ1) is 8.90. The van der Waals surface area contributed by atoms with Crippen LogP contribution in [-0.2, 0) is 4.33 Å². The summed E-state index contributed by atoms with van der Waals surface area (Å²) in [6, 6.07) is 5.52. The van der Waals surface area contributed by atoms with Crippen molar-refractivity contribution >= 4 is 28.8 Å². The Morgan fingerprint density at radius 1 is 1.45 bits per heavy atom. The Balaban J connectivity index is 2.86. The Hall–Kier alpha value is -0.190. The molecule has 0 spiro atoms. The van der Waals surface area contributed by atoms with Gasteiger partial charge in [-0.15, -0.1) is 4.33 Å². The fourth-order valence-corrected chi connectivity index (χ4v) is 1.04. The minimum Gasteiger partial charge on any atom is -0.325 e. The fourth-order valence-electron chi connectivity index (χ4n) is 0.712. The highest BCUT2D eigenvalue weighted by molar-refractivity contribution is 9.10. The predicted octanol–water partition coefficient (Wildman–Crippen LogP) is 2.91. The highest BCUT2D eigenvalue weighted by Gasteiger charge is 1.97. The molecule has 11 heavy (non-hydrogen) atoms. The fraction of sp³-hybridized carbons (Fsp3) is 0.143. The predicted molar refractivity (Wildman–Crippen MR) is 49.6 cm³/mol. The first-order valence-corrected chi connectivity index (χ1v) is 4.14. The maximum Gasteiger partial charge on any atom is 0.167 e. The number of aryl methyl sites for hydroxylation is 1. The molecule has 0 radical (unpaired) electrons. The van der Waals surface area contributed by atoms with Crippen molar-refractivity contribution in [2.24, 2.45) is 0 Å². The van der Waals surface area contributed by atoms with Crippen molar-refractivity contribution in [1.82, 2.24) is 0 Å². The lowest BCUT2D eigenvalue weighted by atomic mass is 10.2. The molecule has 0 saturated carbocycles. The van der Waals surface area contributed by atoms with E-state index in [1.54, 1.807) is 6.07 Å². The van der Waals surface area contributed by atoms with Crippen LogP contribution in [0.5, 0.6) is 5.75 Å². The third kappa shape index (κ3) is 2.39. The minimum absolute atomic E-state index is 0.640. The van der Waals surface area contributed by atoms with Crippen molar-refractivity contribution in [2.45, 2.75) is 6.92 Å². The Labute approximate surface area is 79.2 Å². The molecule has 2 nitrogen and oxygen atoms in total. The van der Waals surface area contributed by atoms with Crippen LogP contribution < -0.4 is 4.89 Å². The second-order valence-corrected chi connectivity index (χ2v) is 3.07. The molecule has 0 amide bonds. The van der Waals surface area contributed by atoms with Crippen LogP contribution in [0.25, 0.3) is 0 Å². The average molecular weight is 235 g/mol. The molecule has 1 aromatic carbocycles. The summed E-state index contributed by atoms with van der Waals surface area (Å²) in [4.78, 5) is 4.69. The first-order chi connectivity index (χ1) is 5.24. The summed E-state index contributed by atoms with van der Waals surface area (Å²) in [5.41, 5.74) is 1.09. The summed E-state index contributed by atoms with van der Waals surface area (Å²) < 4.78 is 5.25. The van der Waals surface area contributed by atoms with Gasteiger partial charge in [0.05, 0.1) is 0 Å². The molecule has 0 saturated heterocycles. The van der Waals surface area contributed by atoms with E-state index in [-0.39, 0.29) is 0 Å². The summed E-state index contributed by atoms with van der Waals surface area (Å²) in [5.74, 6) is 0.640. The zero-order chi connectivity index (χ0) is 8.27. The van der Waals surface area contributed by atoms with Crippen LogP contribution >= 0.6 is 28.8 Å². The van der Waals surface area contributed by atoms with Crippen molar-refractivity contribution in [3.8, 4) is 5.75 Å². The number of benzene rings is 1. The van der Waals surface area contributed by atoms with Gasteiger partial charge in [-0.2, -0.15) is 0 Å². The number of hydrogen-bond acceptors (Lipinski definition) is 3. The standard InChI is InChI=1S/C7H7BrO2S/c1-5-4-6(9-10-11)2-3-7(5)8/h2-4,11H,1H3. The Kier molecular flexibility index (Phi) is 3.23. The van der Waals surface area contributed by atoms with Gasteiger partial charge in [-0.25, -0.2) is 0 Å². The molecule has 0 aromatic heterocycles. The monoisotopic (exact) mass is 234 g/mol. The SMILES string of the molecule is Cc1cc(OOS)ccc1Br. The van der Waals surface area contributed by atoms with E-state index in [9.17, 15) is 0 Å². The summed E-state index contributed by atoms with van der Waals surface area (Å²) >= 11 is 6.82. The van der Waals surface area contributed by atoms with Crippen molar-refractivity contribution in [3.05, 3.63) is 28.2 Å². The van der Waals surface area contributed by atoms with E-state index in [4.69, 9.17) is 0 Å². The summed E-state index contributed by atoms with van der Waals surface area (Å²) in [7, 11) is 0. The molecule has 0 unspecified atom stereocenters. The van der Waals surface area contributed by atoms with Gasteiger partial charge in [0.15, 0.2) is 5.75 Å². The maximum absolute atomic E-state index is 4.69. The van der Waals surface area contributed by atoms with Gasteiger partial charge in [-0.05, 0) is 30.7 Å². The molecule has 0 heterocycles. The molecule has 0 bridgehead atoms. The molecule has 60 valence electrons. The van der Waals surface area contributed by atoms with E-state index in [2.05, 4.69) is 38.1 Å². The minimum atomic E-state index is 0.640. The van der Waals surface area contributed by atoms with Gasteiger partial charge >= 0.3 is 0 Å². The van der Waals surface area contributed by atoms with Crippen LogP contribution in [0.4, 0.5) is 0 Å². The molecule has 0 aliphatic heterocycles. The number of thiol groups is 1. The zero-order valence-corrected chi connectivity index (χ0v) is 8.35. The largest absolute Gasteiger partial charge is 0.325 e. The Bertz CT molecular complexity index is 252. The molecule has 1 aromatic rings. The Morgan fingerprint density at radius 3 is 2.73 bits per heavy atom. The van der Waals surface area contributed by atoms with Gasteiger partial charge in [-0.3, -0.25) is 0 Å². The van der Waals surface area contributed by atoms with Crippen LogP contribution in [0.15, 0.2) is 22.7 Å². The number of halogens is 1. The van der Waals surface area contributed by atoms with E-state index in [0.29, 0.717) is 5.75 Å². The first-order valence-electron chi connectivity index (χ1n) is 2.98. The van der Waals surface area contributed by atoms with Crippen molar-refractivity contribution in [3.63, 3.8) is 0 Å². The van der Waals surface area contributed by atoms with Crippen molar-refractivity contribution in [1.29, 1.82) is 0 Å². The molecule has 0 atom stereocenters. The maximum atomic E-state index is 4.69. The highest BCUT2D eigenvalue weighted by atomic mass is 79.9. The van der Waals surface area contributed by atoms with Gasteiger partial charge in [0.1, 0.15) is 0 Å². The molecule has 0 aliphatic rings. The summed E-state index contributed by atoms with van der Waals surface area (Å²) in [5, 5.41) is 0. The van der Waals surface area contributed by atoms with Gasteiger partial charge in [-0.1, -0.05) is 15.9 Å². The smallest absolute Gasteiger partial charge is 0.167 e. The number of hydrogen-bond donors (Lipinski definition) is 1. The lowest BCUT2D eigenvalue weighted by Gasteiger charge is -2.01. The Morgan fingerprint density at radius 2 is 2.18 bits per heavy atom. The van der Waals surface area contributed by atoms with E-state index >= 15 is 0 Å².